The number of nitrogens with two attached hydrogens (primary N) is 2. The number of rotatable bonds is 3. The summed E-state index contributed by atoms with van der Waals surface area (Å²) in [4.78, 5) is 28.5. The molecule has 1 atom stereocenters. The van der Waals surface area contributed by atoms with E-state index in [1.165, 1.54) is 6.20 Å². The molecule has 10 heteroatoms. The summed E-state index contributed by atoms with van der Waals surface area (Å²) >= 11 is 0. The third-order valence-corrected chi connectivity index (χ3v) is 4.92. The smallest absolute Gasteiger partial charge is 0.263 e. The van der Waals surface area contributed by atoms with E-state index in [9.17, 15) is 4.79 Å². The minimum absolute atomic E-state index is 0.111. The molecule has 1 amide bonds. The third-order valence-electron chi connectivity index (χ3n) is 4.92. The number of para-hydroxylation sites is 1. The zero-order chi connectivity index (χ0) is 23.9. The van der Waals surface area contributed by atoms with Crippen molar-refractivity contribution in [1.82, 2.24) is 14.5 Å². The van der Waals surface area contributed by atoms with Gasteiger partial charge in [-0.1, -0.05) is 48.5 Å². The van der Waals surface area contributed by atoms with Crippen molar-refractivity contribution in [3.8, 4) is 5.82 Å². The molecule has 2 aromatic carbocycles. The van der Waals surface area contributed by atoms with E-state index in [1.54, 1.807) is 35.4 Å². The maximum Gasteiger partial charge on any atom is 0.263 e. The van der Waals surface area contributed by atoms with Crippen LogP contribution in [0.1, 0.15) is 16.7 Å². The molecule has 6 N–H and O–H groups in total. The summed E-state index contributed by atoms with van der Waals surface area (Å²) in [6.45, 7) is 0. The van der Waals surface area contributed by atoms with Gasteiger partial charge in [0.1, 0.15) is 12.1 Å². The summed E-state index contributed by atoms with van der Waals surface area (Å²) < 4.78 is 1.76. The van der Waals surface area contributed by atoms with Crippen molar-refractivity contribution in [3.05, 3.63) is 108 Å². The molecule has 34 heavy (non-hydrogen) atoms. The second-order valence-electron chi connectivity index (χ2n) is 7.15. The highest BCUT2D eigenvalue weighted by Gasteiger charge is 2.22. The van der Waals surface area contributed by atoms with Crippen LogP contribution in [0.3, 0.4) is 0 Å². The Hall–Kier alpha value is -4.67. The van der Waals surface area contributed by atoms with Gasteiger partial charge in [-0.25, -0.2) is 9.97 Å². The van der Waals surface area contributed by atoms with Crippen LogP contribution < -0.4 is 16.9 Å². The number of benzodiazepines with no additional fused rings is 1. The fraction of sp³-hybridized carbons (Fsp3) is 0.0417. The predicted octanol–water partition coefficient (Wildman–Crippen LogP) is 2.24. The molecule has 3 heterocycles. The van der Waals surface area contributed by atoms with Gasteiger partial charge in [0.15, 0.2) is 6.17 Å². The van der Waals surface area contributed by atoms with Gasteiger partial charge in [0.05, 0.1) is 17.0 Å². The number of pyridine rings is 1. The SMILES string of the molecule is N=C(ON)c1ccc(-n2ccnc2)nc1.NC1N=C(c2ccccc2)c2ccccc2NC1=O. The molecule has 4 aromatic rings. The van der Waals surface area contributed by atoms with Gasteiger partial charge in [0.25, 0.3) is 5.91 Å². The first-order valence-corrected chi connectivity index (χ1v) is 10.3. The minimum atomic E-state index is -0.886. The van der Waals surface area contributed by atoms with Crippen molar-refractivity contribution in [2.24, 2.45) is 16.6 Å². The van der Waals surface area contributed by atoms with Crippen LogP contribution in [0.25, 0.3) is 5.82 Å². The molecular formula is C24H22N8O2. The average molecular weight is 454 g/mol. The maximum atomic E-state index is 11.8. The Balaban J connectivity index is 0.000000166. The predicted molar refractivity (Wildman–Crippen MR) is 129 cm³/mol. The monoisotopic (exact) mass is 454 g/mol. The molecular weight excluding hydrogens is 432 g/mol. The van der Waals surface area contributed by atoms with E-state index in [4.69, 9.17) is 17.0 Å². The van der Waals surface area contributed by atoms with Crippen LogP contribution in [-0.4, -0.2) is 38.2 Å². The minimum Gasteiger partial charge on any atom is -0.391 e. The fourth-order valence-corrected chi connectivity index (χ4v) is 3.23. The van der Waals surface area contributed by atoms with E-state index in [2.05, 4.69) is 25.1 Å². The topological polar surface area (TPSA) is 157 Å². The number of nitrogens with one attached hydrogen (secondary N) is 2. The van der Waals surface area contributed by atoms with Crippen molar-refractivity contribution < 1.29 is 9.63 Å². The molecule has 0 saturated heterocycles. The largest absolute Gasteiger partial charge is 0.391 e. The van der Waals surface area contributed by atoms with Gasteiger partial charge in [-0.15, -0.1) is 0 Å². The highest BCUT2D eigenvalue weighted by Crippen LogP contribution is 2.23. The van der Waals surface area contributed by atoms with Crippen LogP contribution >= 0.6 is 0 Å². The van der Waals surface area contributed by atoms with Crippen LogP contribution in [0.15, 0.2) is 96.6 Å². The number of aromatic nitrogens is 3. The molecule has 5 rings (SSSR count). The quantitative estimate of drug-likeness (QED) is 0.211. The van der Waals surface area contributed by atoms with Gasteiger partial charge in [-0.3, -0.25) is 19.8 Å². The average Bonchev–Trinajstić information content (AvgIpc) is 3.39. The highest BCUT2D eigenvalue weighted by atomic mass is 16.6. The molecule has 0 aliphatic carbocycles. The van der Waals surface area contributed by atoms with Gasteiger partial charge in [-0.2, -0.15) is 5.90 Å². The van der Waals surface area contributed by atoms with Crippen LogP contribution in [0.4, 0.5) is 5.69 Å². The molecule has 1 unspecified atom stereocenters. The first-order valence-electron chi connectivity index (χ1n) is 10.3. The first kappa shape index (κ1) is 22.5. The molecule has 0 bridgehead atoms. The number of hydrogen-bond donors (Lipinski definition) is 4. The normalized spacial score (nSPS) is 14.5. The molecule has 170 valence electrons. The van der Waals surface area contributed by atoms with Crippen LogP contribution in [0, 0.1) is 5.41 Å². The first-order chi connectivity index (χ1) is 16.6. The van der Waals surface area contributed by atoms with E-state index < -0.39 is 6.17 Å². The lowest BCUT2D eigenvalue weighted by atomic mass is 10.0. The Morgan fingerprint density at radius 1 is 1.06 bits per heavy atom. The second-order valence-corrected chi connectivity index (χ2v) is 7.15. The lowest BCUT2D eigenvalue weighted by Gasteiger charge is -2.09. The van der Waals surface area contributed by atoms with Gasteiger partial charge >= 0.3 is 0 Å². The zero-order valence-corrected chi connectivity index (χ0v) is 18.0. The lowest BCUT2D eigenvalue weighted by molar-refractivity contribution is -0.117. The summed E-state index contributed by atoms with van der Waals surface area (Å²) in [6.07, 6.45) is 5.73. The number of carbonyl (C=O) groups excluding carboxylic acids is 1. The number of imidazole rings is 1. The Morgan fingerprint density at radius 2 is 1.82 bits per heavy atom. The van der Waals surface area contributed by atoms with Gasteiger partial charge in [0, 0.05) is 29.7 Å². The van der Waals surface area contributed by atoms with Gasteiger partial charge in [-0.05, 0) is 18.2 Å². The number of hydrogen-bond acceptors (Lipinski definition) is 8. The number of nitrogens with zero attached hydrogens (tertiary/aromatic N) is 4. The Morgan fingerprint density at radius 3 is 2.50 bits per heavy atom. The summed E-state index contributed by atoms with van der Waals surface area (Å²) in [5.41, 5.74) is 9.62. The number of carbonyl (C=O) groups is 1. The summed E-state index contributed by atoms with van der Waals surface area (Å²) in [5.74, 6) is 5.19. The van der Waals surface area contributed by atoms with Crippen molar-refractivity contribution >= 4 is 23.2 Å². The summed E-state index contributed by atoms with van der Waals surface area (Å²) in [6, 6.07) is 20.8. The fourth-order valence-electron chi connectivity index (χ4n) is 3.23. The Labute approximate surface area is 195 Å². The maximum absolute atomic E-state index is 11.8. The molecule has 1 aliphatic heterocycles. The number of fused-ring (bicyclic) bond motifs is 1. The molecule has 1 aliphatic rings. The third kappa shape index (κ3) is 5.04. The number of amides is 1. The second kappa shape index (κ2) is 10.3. The number of benzene rings is 2. The van der Waals surface area contributed by atoms with Crippen molar-refractivity contribution in [2.45, 2.75) is 6.17 Å². The van der Waals surface area contributed by atoms with Crippen LogP contribution in [0.2, 0.25) is 0 Å². The van der Waals surface area contributed by atoms with E-state index in [1.807, 2.05) is 54.6 Å². The summed E-state index contributed by atoms with van der Waals surface area (Å²) in [5, 5.41) is 10.1. The van der Waals surface area contributed by atoms with Crippen LogP contribution in [0.5, 0.6) is 0 Å². The highest BCUT2D eigenvalue weighted by molar-refractivity contribution is 6.19. The molecule has 10 nitrogen and oxygen atoms in total. The van der Waals surface area contributed by atoms with Crippen LogP contribution in [-0.2, 0) is 9.63 Å². The Kier molecular flexibility index (Phi) is 6.82. The van der Waals surface area contributed by atoms with E-state index >= 15 is 0 Å². The Bertz CT molecular complexity index is 1300. The number of aliphatic imine (C=N–C) groups is 1. The van der Waals surface area contributed by atoms with Gasteiger partial charge in [0.2, 0.25) is 5.90 Å². The molecule has 0 spiro atoms. The van der Waals surface area contributed by atoms with Crippen molar-refractivity contribution in [2.75, 3.05) is 5.32 Å². The van der Waals surface area contributed by atoms with E-state index in [0.717, 1.165) is 28.3 Å². The molecule has 2 aromatic heterocycles. The van der Waals surface area contributed by atoms with E-state index in [0.29, 0.717) is 5.56 Å². The van der Waals surface area contributed by atoms with E-state index in [-0.39, 0.29) is 11.8 Å². The van der Waals surface area contributed by atoms with Crippen molar-refractivity contribution in [1.29, 1.82) is 5.41 Å². The van der Waals surface area contributed by atoms with Crippen molar-refractivity contribution in [3.63, 3.8) is 0 Å². The molecule has 0 fully saturated rings. The standard InChI is InChI=1S/C15H13N3O.C9H9N5O/c16-14-15(19)17-12-9-5-4-8-11(12)13(18-14)10-6-2-1-3-7-10;10-9(15-11)7-1-2-8(13-5-7)14-4-3-12-6-14/h1-9,14H,16H2,(H,17,19);1-6,10H,11H2. The molecule has 0 saturated carbocycles. The van der Waals surface area contributed by atoms with Gasteiger partial charge < -0.3 is 15.9 Å². The zero-order valence-electron chi connectivity index (χ0n) is 18.0. The lowest BCUT2D eigenvalue weighted by Crippen LogP contribution is -2.33. The number of anilines is 1. The summed E-state index contributed by atoms with van der Waals surface area (Å²) in [7, 11) is 0. The molecule has 0 radical (unpaired) electrons.